The van der Waals surface area contributed by atoms with Gasteiger partial charge in [-0.2, -0.15) is 19.6 Å². The van der Waals surface area contributed by atoms with Gasteiger partial charge in [0.25, 0.3) is 5.56 Å². The fourth-order valence-corrected chi connectivity index (χ4v) is 2.83. The lowest BCUT2D eigenvalue weighted by Gasteiger charge is -2.13. The maximum Gasteiger partial charge on any atom is 0.284 e. The van der Waals surface area contributed by atoms with Crippen LogP contribution in [-0.2, 0) is 13.1 Å². The SMILES string of the molecule is CCn1ncc(/C=N/Nc2nc(=O)c3c(C)cc(C)nc3n2CC)c1F. The summed E-state index contributed by atoms with van der Waals surface area (Å²) in [5.41, 5.74) is 4.78. The largest absolute Gasteiger partial charge is 0.295 e. The zero-order chi connectivity index (χ0) is 18.8. The highest BCUT2D eigenvalue weighted by atomic mass is 19.1. The maximum absolute atomic E-state index is 14.0. The summed E-state index contributed by atoms with van der Waals surface area (Å²) in [7, 11) is 0. The van der Waals surface area contributed by atoms with E-state index in [0.717, 1.165) is 11.3 Å². The van der Waals surface area contributed by atoms with Crippen molar-refractivity contribution >= 4 is 23.2 Å². The Hall–Kier alpha value is -3.10. The normalized spacial score (nSPS) is 11.6. The molecule has 3 heterocycles. The van der Waals surface area contributed by atoms with E-state index >= 15 is 0 Å². The lowest BCUT2D eigenvalue weighted by Crippen LogP contribution is -2.19. The minimum absolute atomic E-state index is 0.246. The van der Waals surface area contributed by atoms with Crippen molar-refractivity contribution in [3.8, 4) is 0 Å². The van der Waals surface area contributed by atoms with Crippen molar-refractivity contribution in [1.29, 1.82) is 0 Å². The minimum atomic E-state index is -0.467. The Balaban J connectivity index is 2.01. The first-order valence-corrected chi connectivity index (χ1v) is 8.35. The van der Waals surface area contributed by atoms with Gasteiger partial charge < -0.3 is 0 Å². The third-order valence-corrected chi connectivity index (χ3v) is 4.04. The van der Waals surface area contributed by atoms with Gasteiger partial charge in [-0.05, 0) is 39.3 Å². The molecule has 0 saturated heterocycles. The van der Waals surface area contributed by atoms with Crippen LogP contribution in [0.1, 0.15) is 30.7 Å². The molecule has 0 aliphatic rings. The van der Waals surface area contributed by atoms with Crippen molar-refractivity contribution in [3.05, 3.63) is 45.4 Å². The lowest BCUT2D eigenvalue weighted by molar-refractivity contribution is 0.470. The average molecular weight is 357 g/mol. The Labute approximate surface area is 149 Å². The summed E-state index contributed by atoms with van der Waals surface area (Å²) in [6.45, 7) is 8.42. The van der Waals surface area contributed by atoms with E-state index in [9.17, 15) is 9.18 Å². The fraction of sp³-hybridized carbons (Fsp3) is 0.353. The number of hydrogen-bond acceptors (Lipinski definition) is 6. The second kappa shape index (κ2) is 7.03. The number of nitrogens with zero attached hydrogens (tertiary/aromatic N) is 6. The first-order valence-electron chi connectivity index (χ1n) is 8.35. The molecule has 0 bridgehead atoms. The predicted molar refractivity (Wildman–Crippen MR) is 98.0 cm³/mol. The molecule has 0 radical (unpaired) electrons. The Kier molecular flexibility index (Phi) is 4.79. The number of pyridine rings is 1. The molecule has 0 unspecified atom stereocenters. The molecular weight excluding hydrogens is 337 g/mol. The molecule has 3 rings (SSSR count). The summed E-state index contributed by atoms with van der Waals surface area (Å²) in [5, 5.41) is 8.40. The molecule has 136 valence electrons. The summed E-state index contributed by atoms with van der Waals surface area (Å²) < 4.78 is 17.0. The van der Waals surface area contributed by atoms with Crippen LogP contribution in [0.25, 0.3) is 11.0 Å². The fourth-order valence-electron chi connectivity index (χ4n) is 2.83. The van der Waals surface area contributed by atoms with Crippen LogP contribution in [0.4, 0.5) is 10.3 Å². The van der Waals surface area contributed by atoms with Gasteiger partial charge in [0.15, 0.2) is 0 Å². The molecule has 3 aromatic rings. The Morgan fingerprint density at radius 1 is 1.27 bits per heavy atom. The Morgan fingerprint density at radius 3 is 2.69 bits per heavy atom. The van der Waals surface area contributed by atoms with Crippen molar-refractivity contribution in [3.63, 3.8) is 0 Å². The van der Waals surface area contributed by atoms with Crippen molar-refractivity contribution in [2.75, 3.05) is 5.43 Å². The lowest BCUT2D eigenvalue weighted by atomic mass is 10.2. The highest BCUT2D eigenvalue weighted by Gasteiger charge is 2.13. The third kappa shape index (κ3) is 3.07. The summed E-state index contributed by atoms with van der Waals surface area (Å²) in [4.78, 5) is 20.9. The van der Waals surface area contributed by atoms with Crippen LogP contribution in [0, 0.1) is 19.8 Å². The van der Waals surface area contributed by atoms with Gasteiger partial charge in [-0.1, -0.05) is 0 Å². The Bertz CT molecular complexity index is 1050. The number of hydrazone groups is 1. The average Bonchev–Trinajstić information content (AvgIpc) is 2.94. The van der Waals surface area contributed by atoms with Gasteiger partial charge in [-0.25, -0.2) is 15.1 Å². The van der Waals surface area contributed by atoms with Crippen molar-refractivity contribution in [1.82, 2.24) is 24.3 Å². The second-order valence-electron chi connectivity index (χ2n) is 5.84. The van der Waals surface area contributed by atoms with Crippen LogP contribution < -0.4 is 11.0 Å². The zero-order valence-corrected chi connectivity index (χ0v) is 15.1. The second-order valence-corrected chi connectivity index (χ2v) is 5.84. The van der Waals surface area contributed by atoms with Gasteiger partial charge in [0.05, 0.1) is 23.4 Å². The van der Waals surface area contributed by atoms with Crippen LogP contribution in [0.2, 0.25) is 0 Å². The van der Waals surface area contributed by atoms with Crippen LogP contribution >= 0.6 is 0 Å². The summed E-state index contributed by atoms with van der Waals surface area (Å²) in [6.07, 6.45) is 2.69. The Morgan fingerprint density at radius 2 is 2.04 bits per heavy atom. The van der Waals surface area contributed by atoms with Gasteiger partial charge in [-0.15, -0.1) is 0 Å². The topological polar surface area (TPSA) is 90.0 Å². The molecule has 8 nitrogen and oxygen atoms in total. The molecule has 0 saturated carbocycles. The van der Waals surface area contributed by atoms with E-state index in [4.69, 9.17) is 0 Å². The number of hydrogen-bond donors (Lipinski definition) is 1. The van der Waals surface area contributed by atoms with Crippen LogP contribution in [-0.4, -0.2) is 30.5 Å². The van der Waals surface area contributed by atoms with E-state index in [-0.39, 0.29) is 17.1 Å². The summed E-state index contributed by atoms with van der Waals surface area (Å²) in [6, 6.07) is 1.85. The zero-order valence-electron chi connectivity index (χ0n) is 15.1. The van der Waals surface area contributed by atoms with E-state index in [1.807, 2.05) is 26.8 Å². The first-order chi connectivity index (χ1) is 12.5. The summed E-state index contributed by atoms with van der Waals surface area (Å²) in [5.74, 6) is -0.215. The van der Waals surface area contributed by atoms with Crippen LogP contribution in [0.3, 0.4) is 0 Å². The van der Waals surface area contributed by atoms with E-state index in [1.165, 1.54) is 17.1 Å². The van der Waals surface area contributed by atoms with Crippen LogP contribution in [0.5, 0.6) is 0 Å². The molecule has 9 heteroatoms. The quantitative estimate of drug-likeness (QED) is 0.559. The molecule has 26 heavy (non-hydrogen) atoms. The molecule has 1 N–H and O–H groups in total. The standard InChI is InChI=1S/C17H20FN7O/c1-5-24-15-13(10(3)7-11(4)21-15)16(26)22-17(24)23-19-8-12-9-20-25(6-2)14(12)18/h7-9H,5-6H2,1-4H3,(H,22,23,26)/b19-8+. The number of aromatic nitrogens is 5. The predicted octanol–water partition coefficient (Wildman–Crippen LogP) is 2.23. The number of nitrogens with one attached hydrogen (secondary N) is 1. The van der Waals surface area contributed by atoms with E-state index in [2.05, 4.69) is 25.6 Å². The van der Waals surface area contributed by atoms with Crippen molar-refractivity contribution in [2.45, 2.75) is 40.8 Å². The molecular formula is C17H20FN7O. The molecule has 0 amide bonds. The van der Waals surface area contributed by atoms with E-state index in [1.54, 1.807) is 11.5 Å². The van der Waals surface area contributed by atoms with Gasteiger partial charge in [-0.3, -0.25) is 9.36 Å². The van der Waals surface area contributed by atoms with Crippen molar-refractivity contribution in [2.24, 2.45) is 5.10 Å². The number of halogens is 1. The molecule has 0 spiro atoms. The maximum atomic E-state index is 14.0. The van der Waals surface area contributed by atoms with Gasteiger partial charge >= 0.3 is 0 Å². The molecule has 0 aromatic carbocycles. The first kappa shape index (κ1) is 17.7. The van der Waals surface area contributed by atoms with Gasteiger partial charge in [0.2, 0.25) is 11.9 Å². The molecule has 3 aromatic heterocycles. The van der Waals surface area contributed by atoms with Gasteiger partial charge in [0, 0.05) is 18.8 Å². The van der Waals surface area contributed by atoms with E-state index < -0.39 is 5.95 Å². The number of aryl methyl sites for hydroxylation is 4. The number of rotatable bonds is 5. The summed E-state index contributed by atoms with van der Waals surface area (Å²) >= 11 is 0. The highest BCUT2D eigenvalue weighted by Crippen LogP contribution is 2.17. The highest BCUT2D eigenvalue weighted by molar-refractivity contribution is 5.81. The smallest absolute Gasteiger partial charge is 0.284 e. The number of fused-ring (bicyclic) bond motifs is 1. The molecule has 0 fully saturated rings. The minimum Gasteiger partial charge on any atom is -0.295 e. The van der Waals surface area contributed by atoms with Gasteiger partial charge in [0.1, 0.15) is 5.65 Å². The molecule has 0 atom stereocenters. The van der Waals surface area contributed by atoms with E-state index in [0.29, 0.717) is 24.1 Å². The molecule has 0 aliphatic carbocycles. The third-order valence-electron chi connectivity index (χ3n) is 4.04. The monoisotopic (exact) mass is 357 g/mol. The van der Waals surface area contributed by atoms with Crippen LogP contribution in [0.15, 0.2) is 22.2 Å². The van der Waals surface area contributed by atoms with Crippen molar-refractivity contribution < 1.29 is 4.39 Å². The number of anilines is 1. The molecule has 0 aliphatic heterocycles.